The van der Waals surface area contributed by atoms with Crippen LogP contribution in [0.2, 0.25) is 0 Å². The minimum absolute atomic E-state index is 0.0273. The lowest BCUT2D eigenvalue weighted by Crippen LogP contribution is -2.35. The summed E-state index contributed by atoms with van der Waals surface area (Å²) < 4.78 is 2.03. The number of nitriles is 1. The molecule has 0 aromatic carbocycles. The van der Waals surface area contributed by atoms with Crippen molar-refractivity contribution in [3.63, 3.8) is 0 Å². The zero-order valence-corrected chi connectivity index (χ0v) is 19.6. The Hall–Kier alpha value is -4.00. The third-order valence-electron chi connectivity index (χ3n) is 5.84. The number of rotatable bonds is 7. The number of nitrogens with zero attached hydrogens (tertiary/aromatic N) is 6. The van der Waals surface area contributed by atoms with E-state index in [1.54, 1.807) is 6.07 Å². The van der Waals surface area contributed by atoms with Gasteiger partial charge in [-0.2, -0.15) is 5.26 Å². The number of pyridine rings is 2. The highest BCUT2D eigenvalue weighted by Gasteiger charge is 2.25. The molecule has 0 radical (unpaired) electrons. The average molecular weight is 461 g/mol. The van der Waals surface area contributed by atoms with Gasteiger partial charge < -0.3 is 15.2 Å². The van der Waals surface area contributed by atoms with Crippen LogP contribution in [0.25, 0.3) is 11.5 Å². The lowest BCUT2D eigenvalue weighted by atomic mass is 10.0. The fraction of sp³-hybridized carbons (Fsp3) is 0.417. The second-order valence-electron chi connectivity index (χ2n) is 8.74. The molecule has 0 aliphatic carbocycles. The Balaban J connectivity index is 1.62. The van der Waals surface area contributed by atoms with Crippen LogP contribution >= 0.6 is 0 Å². The van der Waals surface area contributed by atoms with Crippen molar-refractivity contribution >= 4 is 11.9 Å². The van der Waals surface area contributed by atoms with Gasteiger partial charge in [0.2, 0.25) is 11.9 Å². The first-order valence-electron chi connectivity index (χ1n) is 11.4. The van der Waals surface area contributed by atoms with E-state index in [2.05, 4.69) is 30.4 Å². The van der Waals surface area contributed by atoms with Gasteiger partial charge in [-0.1, -0.05) is 19.9 Å². The number of nitrogens with one attached hydrogen (secondary N) is 2. The molecule has 0 unspecified atom stereocenters. The summed E-state index contributed by atoms with van der Waals surface area (Å²) in [5.41, 5.74) is 3.12. The molecule has 0 fully saturated rings. The number of H-pyrrole nitrogens is 1. The van der Waals surface area contributed by atoms with Crippen LogP contribution in [0.1, 0.15) is 42.8 Å². The zero-order valence-electron chi connectivity index (χ0n) is 19.6. The first kappa shape index (κ1) is 23.2. The standard InChI is InChI=1S/C24H28N8O2/c1-15(2)22(33)26-9-5-10-32-21(20-7-4-6-16(3)27-20)29-30-24(32)31-11-8-19-18(14-31)12-17(13-25)23(34)28-19/h4,6-7,12,15H,5,8-11,14H2,1-3H3,(H,26,33)(H,28,34). The van der Waals surface area contributed by atoms with Crippen molar-refractivity contribution < 1.29 is 4.79 Å². The van der Waals surface area contributed by atoms with Crippen LogP contribution in [0.3, 0.4) is 0 Å². The Bertz CT molecular complexity index is 1300. The van der Waals surface area contributed by atoms with Gasteiger partial charge in [0.25, 0.3) is 5.56 Å². The Morgan fingerprint density at radius 3 is 2.88 bits per heavy atom. The fourth-order valence-corrected chi connectivity index (χ4v) is 4.01. The number of hydrogen-bond donors (Lipinski definition) is 2. The van der Waals surface area contributed by atoms with E-state index >= 15 is 0 Å². The number of aromatic nitrogens is 5. The number of hydrogen-bond acceptors (Lipinski definition) is 7. The Labute approximate surface area is 197 Å². The van der Waals surface area contributed by atoms with Gasteiger partial charge in [-0.15, -0.1) is 10.2 Å². The molecule has 1 aliphatic rings. The predicted octanol–water partition coefficient (Wildman–Crippen LogP) is 1.93. The molecule has 0 spiro atoms. The van der Waals surface area contributed by atoms with Gasteiger partial charge >= 0.3 is 0 Å². The van der Waals surface area contributed by atoms with Gasteiger partial charge in [-0.3, -0.25) is 14.2 Å². The number of carbonyl (C=O) groups excluding carboxylic acids is 1. The zero-order chi connectivity index (χ0) is 24.2. The summed E-state index contributed by atoms with van der Waals surface area (Å²) in [5.74, 6) is 1.33. The van der Waals surface area contributed by atoms with Crippen molar-refractivity contribution in [2.24, 2.45) is 5.92 Å². The predicted molar refractivity (Wildman–Crippen MR) is 127 cm³/mol. The molecule has 4 rings (SSSR count). The minimum Gasteiger partial charge on any atom is -0.356 e. The van der Waals surface area contributed by atoms with Crippen LogP contribution in [0.15, 0.2) is 29.1 Å². The van der Waals surface area contributed by atoms with Gasteiger partial charge in [0.05, 0.1) is 0 Å². The van der Waals surface area contributed by atoms with Crippen LogP contribution in [-0.2, 0) is 24.3 Å². The molecule has 0 saturated heterocycles. The third kappa shape index (κ3) is 4.83. The summed E-state index contributed by atoms with van der Waals surface area (Å²) in [6, 6.07) is 9.40. The van der Waals surface area contributed by atoms with Crippen LogP contribution in [0.4, 0.5) is 5.95 Å². The number of anilines is 1. The maximum absolute atomic E-state index is 12.0. The molecule has 3 aromatic rings. The fourth-order valence-electron chi connectivity index (χ4n) is 4.01. The molecule has 1 aliphatic heterocycles. The highest BCUT2D eigenvalue weighted by molar-refractivity contribution is 5.77. The smallest absolute Gasteiger partial charge is 0.266 e. The first-order chi connectivity index (χ1) is 16.4. The van der Waals surface area contributed by atoms with Crippen LogP contribution in [0, 0.1) is 24.2 Å². The second kappa shape index (κ2) is 9.87. The lowest BCUT2D eigenvalue weighted by molar-refractivity contribution is -0.123. The Morgan fingerprint density at radius 2 is 2.15 bits per heavy atom. The number of fused-ring (bicyclic) bond motifs is 1. The summed E-state index contributed by atoms with van der Waals surface area (Å²) in [5, 5.41) is 21.2. The Morgan fingerprint density at radius 1 is 1.32 bits per heavy atom. The van der Waals surface area contributed by atoms with Crippen LogP contribution in [-0.4, -0.2) is 43.7 Å². The molecule has 0 atom stereocenters. The van der Waals surface area contributed by atoms with Crippen molar-refractivity contribution in [3.8, 4) is 17.6 Å². The molecule has 2 N–H and O–H groups in total. The normalized spacial score (nSPS) is 13.0. The molecule has 176 valence electrons. The maximum atomic E-state index is 12.0. The van der Waals surface area contributed by atoms with E-state index < -0.39 is 0 Å². The summed E-state index contributed by atoms with van der Waals surface area (Å²) in [7, 11) is 0. The summed E-state index contributed by atoms with van der Waals surface area (Å²) >= 11 is 0. The second-order valence-corrected chi connectivity index (χ2v) is 8.74. The molecule has 3 aromatic heterocycles. The topological polar surface area (TPSA) is 133 Å². The van der Waals surface area contributed by atoms with Crippen molar-refractivity contribution in [3.05, 3.63) is 57.1 Å². The largest absolute Gasteiger partial charge is 0.356 e. The molecule has 10 heteroatoms. The molecule has 0 saturated carbocycles. The summed E-state index contributed by atoms with van der Waals surface area (Å²) in [6.45, 7) is 7.97. The van der Waals surface area contributed by atoms with Gasteiger partial charge in [-0.05, 0) is 37.1 Å². The molecule has 1 amide bonds. The molecular weight excluding hydrogens is 432 g/mol. The van der Waals surface area contributed by atoms with E-state index in [0.29, 0.717) is 50.8 Å². The first-order valence-corrected chi connectivity index (χ1v) is 11.4. The van der Waals surface area contributed by atoms with E-state index in [9.17, 15) is 14.9 Å². The maximum Gasteiger partial charge on any atom is 0.266 e. The average Bonchev–Trinajstić information content (AvgIpc) is 3.24. The molecule has 4 heterocycles. The number of carbonyl (C=O) groups is 1. The van der Waals surface area contributed by atoms with Crippen molar-refractivity contribution in [2.45, 2.75) is 46.7 Å². The Kier molecular flexibility index (Phi) is 6.72. The number of aromatic amines is 1. The van der Waals surface area contributed by atoms with E-state index in [1.807, 2.05) is 49.6 Å². The van der Waals surface area contributed by atoms with Gasteiger partial charge in [0.1, 0.15) is 17.3 Å². The van der Waals surface area contributed by atoms with Gasteiger partial charge in [0, 0.05) is 49.9 Å². The van der Waals surface area contributed by atoms with E-state index in [0.717, 1.165) is 22.6 Å². The summed E-state index contributed by atoms with van der Waals surface area (Å²) in [6.07, 6.45) is 1.34. The van der Waals surface area contributed by atoms with Crippen molar-refractivity contribution in [2.75, 3.05) is 18.0 Å². The highest BCUT2D eigenvalue weighted by Crippen LogP contribution is 2.26. The lowest BCUT2D eigenvalue weighted by Gasteiger charge is -2.29. The van der Waals surface area contributed by atoms with Crippen molar-refractivity contribution in [1.82, 2.24) is 30.0 Å². The van der Waals surface area contributed by atoms with E-state index in [-0.39, 0.29) is 22.9 Å². The van der Waals surface area contributed by atoms with Crippen LogP contribution in [0.5, 0.6) is 0 Å². The van der Waals surface area contributed by atoms with Gasteiger partial charge in [0.15, 0.2) is 5.82 Å². The third-order valence-corrected chi connectivity index (χ3v) is 5.84. The monoisotopic (exact) mass is 460 g/mol. The molecular formula is C24H28N8O2. The highest BCUT2D eigenvalue weighted by atomic mass is 16.1. The minimum atomic E-state index is -0.353. The number of aryl methyl sites for hydroxylation is 1. The number of amides is 1. The molecule has 10 nitrogen and oxygen atoms in total. The van der Waals surface area contributed by atoms with E-state index in [1.165, 1.54) is 0 Å². The van der Waals surface area contributed by atoms with Gasteiger partial charge in [-0.25, -0.2) is 4.98 Å². The molecule has 34 heavy (non-hydrogen) atoms. The van der Waals surface area contributed by atoms with E-state index in [4.69, 9.17) is 0 Å². The molecule has 0 bridgehead atoms. The summed E-state index contributed by atoms with van der Waals surface area (Å²) in [4.78, 5) is 33.5. The van der Waals surface area contributed by atoms with Crippen LogP contribution < -0.4 is 15.8 Å². The van der Waals surface area contributed by atoms with Crippen molar-refractivity contribution in [1.29, 1.82) is 5.26 Å². The quantitative estimate of drug-likeness (QED) is 0.515. The SMILES string of the molecule is Cc1cccc(-c2nnc(N3CCc4[nH]c(=O)c(C#N)cc4C3)n2CCCNC(=O)C(C)C)n1.